The second kappa shape index (κ2) is 8.71. The maximum absolute atomic E-state index is 9.62. The van der Waals surface area contributed by atoms with Crippen molar-refractivity contribution in [3.05, 3.63) is 11.8 Å². The molecule has 0 amide bonds. The molecule has 27 heavy (non-hydrogen) atoms. The third-order valence-corrected chi connectivity index (χ3v) is 6.24. The minimum Gasteiger partial charge on any atom is -0.389 e. The van der Waals surface area contributed by atoms with Crippen molar-refractivity contribution in [3.8, 4) is 0 Å². The van der Waals surface area contributed by atoms with E-state index in [2.05, 4.69) is 28.1 Å². The molecule has 0 spiro atoms. The van der Waals surface area contributed by atoms with Crippen LogP contribution in [0.5, 0.6) is 0 Å². The van der Waals surface area contributed by atoms with E-state index in [1.54, 1.807) is 0 Å². The highest BCUT2D eigenvalue weighted by atomic mass is 16.5. The van der Waals surface area contributed by atoms with Crippen molar-refractivity contribution in [1.29, 1.82) is 0 Å². The Kier molecular flexibility index (Phi) is 6.10. The largest absolute Gasteiger partial charge is 0.389 e. The number of anilines is 2. The van der Waals surface area contributed by atoms with E-state index in [4.69, 9.17) is 14.7 Å². The number of rotatable bonds is 7. The Labute approximate surface area is 162 Å². The van der Waals surface area contributed by atoms with E-state index in [-0.39, 0.29) is 6.10 Å². The molecular formula is C20H33N5O2. The molecule has 7 heteroatoms. The highest BCUT2D eigenvalue weighted by molar-refractivity contribution is 5.46. The Hall–Kier alpha value is -1.44. The van der Waals surface area contributed by atoms with E-state index < -0.39 is 0 Å². The Morgan fingerprint density at radius 1 is 1.22 bits per heavy atom. The van der Waals surface area contributed by atoms with E-state index in [1.165, 1.54) is 38.9 Å². The summed E-state index contributed by atoms with van der Waals surface area (Å²) in [6, 6.07) is 2.10. The standard InChI is InChI=1S/C20H33N5O2/c1-2-24-8-4-15(5-9-24)3-7-21-19-11-18(16-6-10-27-14-16)22-20(23-19)25-12-17(26)13-25/h11,15-17,26H,2-10,12-14H2,1H3,(H,21,22,23). The molecule has 3 saturated heterocycles. The number of aromatic nitrogens is 2. The van der Waals surface area contributed by atoms with Crippen molar-refractivity contribution in [2.24, 2.45) is 5.92 Å². The lowest BCUT2D eigenvalue weighted by Crippen LogP contribution is -2.51. The van der Waals surface area contributed by atoms with Gasteiger partial charge in [-0.1, -0.05) is 6.92 Å². The molecule has 1 atom stereocenters. The van der Waals surface area contributed by atoms with Crippen LogP contribution < -0.4 is 10.2 Å². The zero-order valence-corrected chi connectivity index (χ0v) is 16.4. The first-order valence-corrected chi connectivity index (χ1v) is 10.6. The van der Waals surface area contributed by atoms with Crippen molar-refractivity contribution in [2.75, 3.05) is 62.7 Å². The molecule has 7 nitrogen and oxygen atoms in total. The summed E-state index contributed by atoms with van der Waals surface area (Å²) in [7, 11) is 0. The fourth-order valence-corrected chi connectivity index (χ4v) is 4.28. The number of aliphatic hydroxyl groups is 1. The lowest BCUT2D eigenvalue weighted by atomic mass is 9.93. The van der Waals surface area contributed by atoms with E-state index in [0.717, 1.165) is 49.6 Å². The zero-order chi connectivity index (χ0) is 18.6. The summed E-state index contributed by atoms with van der Waals surface area (Å²) in [4.78, 5) is 14.1. The molecule has 0 bridgehead atoms. The lowest BCUT2D eigenvalue weighted by molar-refractivity contribution is 0.140. The van der Waals surface area contributed by atoms with Gasteiger partial charge in [-0.2, -0.15) is 4.98 Å². The Bertz CT molecular complexity index is 608. The minimum atomic E-state index is -0.252. The van der Waals surface area contributed by atoms with Crippen molar-refractivity contribution in [1.82, 2.24) is 14.9 Å². The Morgan fingerprint density at radius 2 is 2.04 bits per heavy atom. The van der Waals surface area contributed by atoms with Gasteiger partial charge in [0.25, 0.3) is 0 Å². The van der Waals surface area contributed by atoms with Crippen LogP contribution in [0.15, 0.2) is 6.07 Å². The fraction of sp³-hybridized carbons (Fsp3) is 0.800. The quantitative estimate of drug-likeness (QED) is 0.751. The van der Waals surface area contributed by atoms with Gasteiger partial charge >= 0.3 is 0 Å². The summed E-state index contributed by atoms with van der Waals surface area (Å²) in [5.41, 5.74) is 1.07. The maximum Gasteiger partial charge on any atom is 0.227 e. The molecule has 0 aliphatic carbocycles. The average Bonchev–Trinajstić information content (AvgIpc) is 3.21. The molecule has 0 saturated carbocycles. The summed E-state index contributed by atoms with van der Waals surface area (Å²) in [5, 5.41) is 13.2. The monoisotopic (exact) mass is 375 g/mol. The van der Waals surface area contributed by atoms with Crippen LogP contribution in [0.3, 0.4) is 0 Å². The van der Waals surface area contributed by atoms with Crippen molar-refractivity contribution < 1.29 is 9.84 Å². The molecule has 1 aromatic rings. The zero-order valence-electron chi connectivity index (χ0n) is 16.4. The molecule has 3 aliphatic heterocycles. The lowest BCUT2D eigenvalue weighted by Gasteiger charge is -2.36. The second-order valence-electron chi connectivity index (χ2n) is 8.19. The van der Waals surface area contributed by atoms with Gasteiger partial charge in [-0.25, -0.2) is 4.98 Å². The minimum absolute atomic E-state index is 0.252. The van der Waals surface area contributed by atoms with E-state index in [0.29, 0.717) is 19.0 Å². The van der Waals surface area contributed by atoms with Gasteiger partial charge in [0, 0.05) is 38.2 Å². The fourth-order valence-electron chi connectivity index (χ4n) is 4.28. The predicted molar refractivity (Wildman–Crippen MR) is 106 cm³/mol. The molecular weight excluding hydrogens is 342 g/mol. The first-order chi connectivity index (χ1) is 13.2. The highest BCUT2D eigenvalue weighted by Crippen LogP contribution is 2.28. The van der Waals surface area contributed by atoms with Gasteiger partial charge in [-0.3, -0.25) is 0 Å². The normalized spacial score (nSPS) is 25.0. The molecule has 150 valence electrons. The van der Waals surface area contributed by atoms with Crippen LogP contribution in [-0.2, 0) is 4.74 Å². The van der Waals surface area contributed by atoms with Gasteiger partial charge in [0.2, 0.25) is 5.95 Å². The number of hydrogen-bond acceptors (Lipinski definition) is 7. The first-order valence-electron chi connectivity index (χ1n) is 10.6. The molecule has 0 radical (unpaired) electrons. The number of hydrogen-bond donors (Lipinski definition) is 2. The molecule has 2 N–H and O–H groups in total. The van der Waals surface area contributed by atoms with E-state index in [9.17, 15) is 5.11 Å². The molecule has 3 fully saturated rings. The van der Waals surface area contributed by atoms with Crippen LogP contribution in [0.2, 0.25) is 0 Å². The third-order valence-electron chi connectivity index (χ3n) is 6.24. The summed E-state index contributed by atoms with van der Waals surface area (Å²) in [6.45, 7) is 9.66. The average molecular weight is 376 g/mol. The summed E-state index contributed by atoms with van der Waals surface area (Å²) >= 11 is 0. The summed E-state index contributed by atoms with van der Waals surface area (Å²) < 4.78 is 5.55. The Morgan fingerprint density at radius 3 is 2.70 bits per heavy atom. The van der Waals surface area contributed by atoms with Gasteiger partial charge in [-0.05, 0) is 51.2 Å². The van der Waals surface area contributed by atoms with Crippen molar-refractivity contribution in [3.63, 3.8) is 0 Å². The topological polar surface area (TPSA) is 73.8 Å². The van der Waals surface area contributed by atoms with Gasteiger partial charge in [0.15, 0.2) is 0 Å². The molecule has 1 aromatic heterocycles. The predicted octanol–water partition coefficient (Wildman–Crippen LogP) is 1.70. The van der Waals surface area contributed by atoms with Crippen molar-refractivity contribution >= 4 is 11.8 Å². The summed E-state index contributed by atoms with van der Waals surface area (Å²) in [6.07, 6.45) is 4.58. The highest BCUT2D eigenvalue weighted by Gasteiger charge is 2.29. The number of nitrogens with one attached hydrogen (secondary N) is 1. The Balaban J connectivity index is 1.36. The number of likely N-dealkylation sites (tertiary alicyclic amines) is 1. The van der Waals surface area contributed by atoms with Gasteiger partial charge in [0.1, 0.15) is 5.82 Å². The smallest absolute Gasteiger partial charge is 0.227 e. The SMILES string of the molecule is CCN1CCC(CCNc2cc(C3CCOC3)nc(N3CC(O)C3)n2)CC1. The number of nitrogens with zero attached hydrogens (tertiary/aromatic N) is 4. The first kappa shape index (κ1) is 18.9. The van der Waals surface area contributed by atoms with Crippen LogP contribution >= 0.6 is 0 Å². The van der Waals surface area contributed by atoms with E-state index >= 15 is 0 Å². The second-order valence-corrected chi connectivity index (χ2v) is 8.19. The van der Waals surface area contributed by atoms with Gasteiger partial charge in [-0.15, -0.1) is 0 Å². The summed E-state index contributed by atoms with van der Waals surface area (Å²) in [5.74, 6) is 2.82. The molecule has 4 heterocycles. The van der Waals surface area contributed by atoms with Crippen LogP contribution in [-0.4, -0.2) is 78.6 Å². The van der Waals surface area contributed by atoms with Crippen LogP contribution in [0.4, 0.5) is 11.8 Å². The number of aliphatic hydroxyl groups excluding tert-OH is 1. The van der Waals surface area contributed by atoms with Crippen molar-refractivity contribution in [2.45, 2.75) is 44.6 Å². The maximum atomic E-state index is 9.62. The van der Waals surface area contributed by atoms with Gasteiger partial charge in [0.05, 0.1) is 18.4 Å². The molecule has 0 aromatic carbocycles. The van der Waals surface area contributed by atoms with Crippen LogP contribution in [0.25, 0.3) is 0 Å². The van der Waals surface area contributed by atoms with Crippen LogP contribution in [0, 0.1) is 5.92 Å². The molecule has 4 rings (SSSR count). The molecule has 1 unspecified atom stereocenters. The number of piperidine rings is 1. The third kappa shape index (κ3) is 4.70. The number of β-amino-alcohol motifs (C(OH)–C–C–N with tert-alkyl or cyclic N) is 1. The molecule has 3 aliphatic rings. The van der Waals surface area contributed by atoms with Gasteiger partial charge < -0.3 is 25.0 Å². The number of ether oxygens (including phenoxy) is 1. The van der Waals surface area contributed by atoms with E-state index in [1.807, 2.05) is 0 Å². The van der Waals surface area contributed by atoms with Crippen LogP contribution in [0.1, 0.15) is 44.2 Å².